The third kappa shape index (κ3) is 5.90. The number of anilines is 2. The predicted molar refractivity (Wildman–Crippen MR) is 144 cm³/mol. The van der Waals surface area contributed by atoms with E-state index in [0.717, 1.165) is 50.1 Å². The topological polar surface area (TPSA) is 65.9 Å². The molecule has 2 aromatic rings. The van der Waals surface area contributed by atoms with Crippen molar-refractivity contribution in [3.8, 4) is 0 Å². The highest BCUT2D eigenvalue weighted by atomic mass is 35.5. The highest BCUT2D eigenvalue weighted by Gasteiger charge is 2.38. The maximum Gasteiger partial charge on any atom is 0.344 e. The van der Waals surface area contributed by atoms with Gasteiger partial charge in [-0.2, -0.15) is 4.68 Å². The number of piperazine rings is 1. The average Bonchev–Trinajstić information content (AvgIpc) is 3.59. The molecule has 0 bridgehead atoms. The van der Waals surface area contributed by atoms with E-state index in [9.17, 15) is 4.79 Å². The largest absolute Gasteiger partial charge is 0.381 e. The maximum atomic E-state index is 12.9. The molecule has 8 nitrogen and oxygen atoms in total. The SMILES string of the molecule is CC.CSNc1ccn(C(=O)N2CCN(Cc3ccc(Cl)c(N4CC5COCC5C4)c3)C(C)C2)n1. The molecule has 3 fully saturated rings. The fourth-order valence-electron chi connectivity index (χ4n) is 5.16. The number of hydrogen-bond donors (Lipinski definition) is 1. The Morgan fingerprint density at radius 3 is 2.60 bits per heavy atom. The van der Waals surface area contributed by atoms with E-state index in [2.05, 4.69) is 38.7 Å². The molecule has 1 N–H and O–H groups in total. The van der Waals surface area contributed by atoms with Crippen LogP contribution in [0.4, 0.5) is 16.3 Å². The Kier molecular flexibility index (Phi) is 8.86. The molecule has 0 radical (unpaired) electrons. The molecule has 1 aromatic heterocycles. The minimum absolute atomic E-state index is 0.0759. The third-order valence-electron chi connectivity index (χ3n) is 7.00. The second kappa shape index (κ2) is 11.9. The molecule has 5 rings (SSSR count). The van der Waals surface area contributed by atoms with Crippen LogP contribution in [-0.4, -0.2) is 83.8 Å². The van der Waals surface area contributed by atoms with Crippen molar-refractivity contribution in [2.75, 3.05) is 61.8 Å². The van der Waals surface area contributed by atoms with Crippen LogP contribution in [-0.2, 0) is 11.3 Å². The number of rotatable bonds is 5. The van der Waals surface area contributed by atoms with Gasteiger partial charge in [0.25, 0.3) is 0 Å². The molecule has 1 amide bonds. The number of carbonyl (C=O) groups excluding carboxylic acids is 1. The van der Waals surface area contributed by atoms with Gasteiger partial charge < -0.3 is 19.3 Å². The summed E-state index contributed by atoms with van der Waals surface area (Å²) in [4.78, 5) is 19.6. The number of fused-ring (bicyclic) bond motifs is 1. The number of nitrogens with one attached hydrogen (secondary N) is 1. The molecule has 3 saturated heterocycles. The van der Waals surface area contributed by atoms with Crippen LogP contribution in [0.15, 0.2) is 30.5 Å². The molecular weight excluding hydrogens is 484 g/mol. The lowest BCUT2D eigenvalue weighted by Crippen LogP contribution is -2.54. The Balaban J connectivity index is 0.00000141. The van der Waals surface area contributed by atoms with Crippen molar-refractivity contribution >= 4 is 41.1 Å². The van der Waals surface area contributed by atoms with Crippen LogP contribution in [0, 0.1) is 11.8 Å². The summed E-state index contributed by atoms with van der Waals surface area (Å²) in [5.74, 6) is 1.94. The van der Waals surface area contributed by atoms with E-state index in [1.807, 2.05) is 37.1 Å². The molecular formula is C25H37ClN6O2S. The highest BCUT2D eigenvalue weighted by molar-refractivity contribution is 7.99. The first-order chi connectivity index (χ1) is 17.0. The highest BCUT2D eigenvalue weighted by Crippen LogP contribution is 2.36. The van der Waals surface area contributed by atoms with Crippen LogP contribution < -0.4 is 9.62 Å². The zero-order valence-corrected chi connectivity index (χ0v) is 22.7. The summed E-state index contributed by atoms with van der Waals surface area (Å²) >= 11 is 8.05. The van der Waals surface area contributed by atoms with Crippen LogP contribution in [0.2, 0.25) is 5.02 Å². The first kappa shape index (κ1) is 26.1. The quantitative estimate of drug-likeness (QED) is 0.582. The Hall–Kier alpha value is -1.94. The van der Waals surface area contributed by atoms with Crippen molar-refractivity contribution in [1.82, 2.24) is 19.6 Å². The zero-order valence-electron chi connectivity index (χ0n) is 21.1. The molecule has 3 aliphatic heterocycles. The average molecular weight is 521 g/mol. The van der Waals surface area contributed by atoms with Gasteiger partial charge in [-0.15, -0.1) is 5.10 Å². The van der Waals surface area contributed by atoms with Crippen molar-refractivity contribution in [3.63, 3.8) is 0 Å². The molecule has 0 spiro atoms. The van der Waals surface area contributed by atoms with Gasteiger partial charge in [0.1, 0.15) is 0 Å². The van der Waals surface area contributed by atoms with E-state index in [-0.39, 0.29) is 12.1 Å². The zero-order chi connectivity index (χ0) is 24.9. The number of nitrogens with zero attached hydrogens (tertiary/aromatic N) is 5. The molecule has 35 heavy (non-hydrogen) atoms. The normalized spacial score (nSPS) is 24.2. The molecule has 0 saturated carbocycles. The van der Waals surface area contributed by atoms with E-state index in [1.165, 1.54) is 22.2 Å². The van der Waals surface area contributed by atoms with Crippen LogP contribution >= 0.6 is 23.5 Å². The monoisotopic (exact) mass is 520 g/mol. The number of carbonyl (C=O) groups is 1. The van der Waals surface area contributed by atoms with Crippen molar-refractivity contribution in [3.05, 3.63) is 41.0 Å². The fourth-order valence-corrected chi connectivity index (χ4v) is 5.71. The number of hydrogen-bond acceptors (Lipinski definition) is 7. The third-order valence-corrected chi connectivity index (χ3v) is 7.74. The van der Waals surface area contributed by atoms with Gasteiger partial charge in [0.05, 0.1) is 23.9 Å². The number of halogens is 1. The van der Waals surface area contributed by atoms with E-state index < -0.39 is 0 Å². The maximum absolute atomic E-state index is 12.9. The molecule has 1 aromatic carbocycles. The van der Waals surface area contributed by atoms with E-state index >= 15 is 0 Å². The Labute approximate surface area is 218 Å². The van der Waals surface area contributed by atoms with Gasteiger partial charge in [-0.3, -0.25) is 4.90 Å². The van der Waals surface area contributed by atoms with Gasteiger partial charge in [0.15, 0.2) is 5.82 Å². The summed E-state index contributed by atoms with van der Waals surface area (Å²) in [6.07, 6.45) is 3.64. The smallest absolute Gasteiger partial charge is 0.344 e. The molecule has 0 aliphatic carbocycles. The molecule has 3 aliphatic rings. The number of ether oxygens (including phenoxy) is 1. The van der Waals surface area contributed by atoms with E-state index in [0.29, 0.717) is 30.7 Å². The van der Waals surface area contributed by atoms with Gasteiger partial charge >= 0.3 is 6.03 Å². The summed E-state index contributed by atoms with van der Waals surface area (Å²) < 4.78 is 10.1. The van der Waals surface area contributed by atoms with Gasteiger partial charge in [-0.25, -0.2) is 4.79 Å². The molecule has 4 heterocycles. The minimum atomic E-state index is -0.0759. The summed E-state index contributed by atoms with van der Waals surface area (Å²) in [5, 5.41) is 5.14. The summed E-state index contributed by atoms with van der Waals surface area (Å²) in [6, 6.07) is 8.39. The van der Waals surface area contributed by atoms with Crippen molar-refractivity contribution < 1.29 is 9.53 Å². The predicted octanol–water partition coefficient (Wildman–Crippen LogP) is 4.51. The number of benzene rings is 1. The molecule has 3 atom stereocenters. The number of amides is 1. The van der Waals surface area contributed by atoms with E-state index in [4.69, 9.17) is 16.3 Å². The van der Waals surface area contributed by atoms with Gasteiger partial charge in [0.2, 0.25) is 0 Å². The van der Waals surface area contributed by atoms with Gasteiger partial charge in [0, 0.05) is 75.7 Å². The van der Waals surface area contributed by atoms with Crippen LogP contribution in [0.1, 0.15) is 26.3 Å². The Bertz CT molecular complexity index is 992. The minimum Gasteiger partial charge on any atom is -0.381 e. The van der Waals surface area contributed by atoms with Crippen molar-refractivity contribution in [2.24, 2.45) is 11.8 Å². The Morgan fingerprint density at radius 2 is 1.91 bits per heavy atom. The van der Waals surface area contributed by atoms with Crippen molar-refractivity contribution in [2.45, 2.75) is 33.4 Å². The first-order valence-corrected chi connectivity index (χ1v) is 14.1. The van der Waals surface area contributed by atoms with Crippen LogP contribution in [0.3, 0.4) is 0 Å². The fraction of sp³-hybridized carbons (Fsp3) is 0.600. The second-order valence-corrected chi connectivity index (χ2v) is 10.3. The van der Waals surface area contributed by atoms with Crippen LogP contribution in [0.25, 0.3) is 0 Å². The number of aromatic nitrogens is 2. The molecule has 192 valence electrons. The van der Waals surface area contributed by atoms with Gasteiger partial charge in [-0.05, 0) is 24.6 Å². The summed E-state index contributed by atoms with van der Waals surface area (Å²) in [5.41, 5.74) is 2.40. The van der Waals surface area contributed by atoms with Crippen molar-refractivity contribution in [1.29, 1.82) is 0 Å². The lowest BCUT2D eigenvalue weighted by atomic mass is 10.0. The first-order valence-electron chi connectivity index (χ1n) is 12.5. The lowest BCUT2D eigenvalue weighted by Gasteiger charge is -2.39. The summed E-state index contributed by atoms with van der Waals surface area (Å²) in [6.45, 7) is 13.0. The standard InChI is InChI=1S/C23H31ClN6O2S.C2H6/c1-16-10-28(23(31)30-6-5-22(25-30)26-33-2)8-7-27(16)11-17-3-4-20(24)21(9-17)29-12-18-14-32-15-19(18)13-29;1-2/h3-6,9,16,18-19H,7-8,10-15H2,1-2H3,(H,25,26);1-2H3. The summed E-state index contributed by atoms with van der Waals surface area (Å²) in [7, 11) is 0. The Morgan fingerprint density at radius 1 is 1.17 bits per heavy atom. The molecule has 3 unspecified atom stereocenters. The van der Waals surface area contributed by atoms with E-state index in [1.54, 1.807) is 6.20 Å². The lowest BCUT2D eigenvalue weighted by molar-refractivity contribution is 0.0921. The molecule has 10 heteroatoms. The second-order valence-electron chi connectivity index (χ2n) is 9.25. The van der Waals surface area contributed by atoms with Crippen LogP contribution in [0.5, 0.6) is 0 Å². The van der Waals surface area contributed by atoms with Gasteiger partial charge in [-0.1, -0.05) is 43.5 Å².